The molecule has 112 valence electrons. The Morgan fingerprint density at radius 2 is 1.95 bits per heavy atom. The highest BCUT2D eigenvalue weighted by Crippen LogP contribution is 2.28. The largest absolute Gasteiger partial charge is 0.365 e. The second-order valence-corrected chi connectivity index (χ2v) is 6.65. The highest BCUT2D eigenvalue weighted by Gasteiger charge is 2.32. The predicted molar refractivity (Wildman–Crippen MR) is 88.4 cm³/mol. The van der Waals surface area contributed by atoms with Crippen molar-refractivity contribution in [1.82, 2.24) is 5.32 Å². The Bertz CT molecular complexity index is 427. The number of hydrogen-bond donors (Lipinski definition) is 1. The molecule has 0 aliphatic carbocycles. The number of para-hydroxylation sites is 1. The normalized spacial score (nSPS) is 25.0. The van der Waals surface area contributed by atoms with Gasteiger partial charge < -0.3 is 10.2 Å². The van der Waals surface area contributed by atoms with Crippen molar-refractivity contribution in [2.45, 2.75) is 53.1 Å². The van der Waals surface area contributed by atoms with Gasteiger partial charge in [0.25, 0.3) is 0 Å². The average Bonchev–Trinajstić information content (AvgIpc) is 2.46. The summed E-state index contributed by atoms with van der Waals surface area (Å²) in [6.07, 6.45) is 1.24. The van der Waals surface area contributed by atoms with Crippen LogP contribution in [0, 0.1) is 18.8 Å². The molecular weight excluding hydrogens is 244 g/mol. The highest BCUT2D eigenvalue weighted by molar-refractivity contribution is 5.54. The Balaban J connectivity index is 2.26. The van der Waals surface area contributed by atoms with Gasteiger partial charge in [0.2, 0.25) is 0 Å². The van der Waals surface area contributed by atoms with Gasteiger partial charge in [-0.25, -0.2) is 0 Å². The lowest BCUT2D eigenvalue weighted by Gasteiger charge is -2.46. The smallest absolute Gasteiger partial charge is 0.0438 e. The van der Waals surface area contributed by atoms with E-state index in [-0.39, 0.29) is 0 Å². The second kappa shape index (κ2) is 6.62. The Labute approximate surface area is 124 Å². The summed E-state index contributed by atoms with van der Waals surface area (Å²) in [5.41, 5.74) is 2.81. The van der Waals surface area contributed by atoms with Gasteiger partial charge in [0.15, 0.2) is 0 Å². The monoisotopic (exact) mass is 274 g/mol. The summed E-state index contributed by atoms with van der Waals surface area (Å²) in [4.78, 5) is 2.65. The molecule has 0 spiro atoms. The van der Waals surface area contributed by atoms with Crippen LogP contribution in [0.25, 0.3) is 0 Å². The number of benzene rings is 1. The van der Waals surface area contributed by atoms with E-state index < -0.39 is 0 Å². The molecule has 20 heavy (non-hydrogen) atoms. The van der Waals surface area contributed by atoms with Crippen molar-refractivity contribution in [1.29, 1.82) is 0 Å². The zero-order valence-electron chi connectivity index (χ0n) is 13.7. The lowest BCUT2D eigenvalue weighted by atomic mass is 9.91. The molecule has 1 heterocycles. The lowest BCUT2D eigenvalue weighted by Crippen LogP contribution is -2.60. The molecule has 1 aliphatic heterocycles. The average molecular weight is 274 g/mol. The third kappa shape index (κ3) is 3.17. The fourth-order valence-corrected chi connectivity index (χ4v) is 3.22. The van der Waals surface area contributed by atoms with Crippen molar-refractivity contribution in [3.8, 4) is 0 Å². The minimum atomic E-state index is 0.594. The summed E-state index contributed by atoms with van der Waals surface area (Å²) in [5, 5.41) is 3.78. The molecule has 1 fully saturated rings. The Kier molecular flexibility index (Phi) is 5.09. The summed E-state index contributed by atoms with van der Waals surface area (Å²) < 4.78 is 0. The van der Waals surface area contributed by atoms with E-state index in [0.717, 1.165) is 19.0 Å². The van der Waals surface area contributed by atoms with Crippen LogP contribution in [0.3, 0.4) is 0 Å². The number of nitrogens with zero attached hydrogens (tertiary/aromatic N) is 1. The summed E-state index contributed by atoms with van der Waals surface area (Å²) >= 11 is 0. The number of aryl methyl sites for hydroxylation is 1. The molecular formula is C18H30N2. The summed E-state index contributed by atoms with van der Waals surface area (Å²) in [5.74, 6) is 1.40. The number of anilines is 1. The van der Waals surface area contributed by atoms with Gasteiger partial charge in [0.05, 0.1) is 0 Å². The van der Waals surface area contributed by atoms with Crippen molar-refractivity contribution in [3.05, 3.63) is 29.8 Å². The van der Waals surface area contributed by atoms with Gasteiger partial charge in [0, 0.05) is 30.9 Å². The molecule has 1 saturated heterocycles. The molecule has 0 aromatic heterocycles. The molecule has 1 aromatic carbocycles. The van der Waals surface area contributed by atoms with Gasteiger partial charge in [-0.3, -0.25) is 0 Å². The van der Waals surface area contributed by atoms with Gasteiger partial charge in [-0.2, -0.15) is 0 Å². The van der Waals surface area contributed by atoms with Crippen molar-refractivity contribution in [2.24, 2.45) is 11.8 Å². The molecule has 2 rings (SSSR count). The number of piperazine rings is 1. The van der Waals surface area contributed by atoms with Gasteiger partial charge >= 0.3 is 0 Å². The van der Waals surface area contributed by atoms with Crippen molar-refractivity contribution in [3.63, 3.8) is 0 Å². The molecule has 0 saturated carbocycles. The number of nitrogens with one attached hydrogen (secondary N) is 1. The molecule has 3 unspecified atom stereocenters. The first-order chi connectivity index (χ1) is 9.54. The van der Waals surface area contributed by atoms with Crippen LogP contribution in [0.1, 0.15) is 39.7 Å². The Hall–Kier alpha value is -1.02. The van der Waals surface area contributed by atoms with E-state index in [4.69, 9.17) is 0 Å². The third-order valence-electron chi connectivity index (χ3n) is 4.91. The molecule has 3 atom stereocenters. The van der Waals surface area contributed by atoms with Crippen molar-refractivity contribution in [2.75, 3.05) is 18.0 Å². The Morgan fingerprint density at radius 1 is 1.25 bits per heavy atom. The van der Waals surface area contributed by atoms with E-state index in [1.807, 2.05) is 0 Å². The number of rotatable bonds is 4. The van der Waals surface area contributed by atoms with Crippen molar-refractivity contribution >= 4 is 5.69 Å². The van der Waals surface area contributed by atoms with Gasteiger partial charge in [-0.15, -0.1) is 0 Å². The second-order valence-electron chi connectivity index (χ2n) is 6.65. The van der Waals surface area contributed by atoms with E-state index in [2.05, 4.69) is 69.1 Å². The molecule has 0 bridgehead atoms. The van der Waals surface area contributed by atoms with E-state index >= 15 is 0 Å². The lowest BCUT2D eigenvalue weighted by molar-refractivity contribution is 0.281. The highest BCUT2D eigenvalue weighted by atomic mass is 15.2. The predicted octanol–water partition coefficient (Wildman–Crippen LogP) is 3.84. The first-order valence-electron chi connectivity index (χ1n) is 8.10. The van der Waals surface area contributed by atoms with Crippen LogP contribution in [-0.2, 0) is 0 Å². The fraction of sp³-hybridized carbons (Fsp3) is 0.667. The first-order valence-corrected chi connectivity index (χ1v) is 8.10. The van der Waals surface area contributed by atoms with Crippen LogP contribution in [0.15, 0.2) is 24.3 Å². The minimum absolute atomic E-state index is 0.594. The molecule has 0 radical (unpaired) electrons. The van der Waals surface area contributed by atoms with Crippen LogP contribution in [0.4, 0.5) is 5.69 Å². The zero-order chi connectivity index (χ0) is 14.7. The van der Waals surface area contributed by atoms with Crippen molar-refractivity contribution < 1.29 is 0 Å². The summed E-state index contributed by atoms with van der Waals surface area (Å²) in [6, 6.07) is 10.0. The molecule has 1 aliphatic rings. The molecule has 1 N–H and O–H groups in total. The number of hydrogen-bond acceptors (Lipinski definition) is 2. The maximum atomic E-state index is 3.78. The van der Waals surface area contributed by atoms with Gasteiger partial charge in [-0.05, 0) is 30.4 Å². The minimum Gasteiger partial charge on any atom is -0.365 e. The van der Waals surface area contributed by atoms with Crippen LogP contribution < -0.4 is 10.2 Å². The van der Waals surface area contributed by atoms with E-state index in [1.54, 1.807) is 0 Å². The van der Waals surface area contributed by atoms with Gasteiger partial charge in [0.1, 0.15) is 0 Å². The van der Waals surface area contributed by atoms with E-state index in [0.29, 0.717) is 18.0 Å². The van der Waals surface area contributed by atoms with Crippen LogP contribution in [0.5, 0.6) is 0 Å². The molecule has 2 nitrogen and oxygen atoms in total. The fourth-order valence-electron chi connectivity index (χ4n) is 3.22. The quantitative estimate of drug-likeness (QED) is 0.897. The maximum Gasteiger partial charge on any atom is 0.0438 e. The van der Waals surface area contributed by atoms with E-state index in [9.17, 15) is 0 Å². The zero-order valence-corrected chi connectivity index (χ0v) is 13.7. The molecule has 0 amide bonds. The molecule has 1 aromatic rings. The SMILES string of the molecule is CCC(C)C1CN(c2ccccc2C)C(C(C)C)CN1. The van der Waals surface area contributed by atoms with E-state index in [1.165, 1.54) is 17.7 Å². The van der Waals surface area contributed by atoms with Crippen LogP contribution >= 0.6 is 0 Å². The first kappa shape index (κ1) is 15.4. The third-order valence-corrected chi connectivity index (χ3v) is 4.91. The topological polar surface area (TPSA) is 15.3 Å². The summed E-state index contributed by atoms with van der Waals surface area (Å²) in [6.45, 7) is 13.8. The van der Waals surface area contributed by atoms with Crippen LogP contribution in [0.2, 0.25) is 0 Å². The standard InChI is InChI=1S/C18H30N2/c1-6-14(4)16-12-20(18(11-19-16)13(2)3)17-10-8-7-9-15(17)5/h7-10,13-14,16,18-19H,6,11-12H2,1-5H3. The maximum absolute atomic E-state index is 3.78. The molecule has 2 heteroatoms. The van der Waals surface area contributed by atoms with Crippen LogP contribution in [-0.4, -0.2) is 25.2 Å². The Morgan fingerprint density at radius 3 is 2.55 bits per heavy atom. The van der Waals surface area contributed by atoms with Gasteiger partial charge in [-0.1, -0.05) is 52.3 Å². The summed E-state index contributed by atoms with van der Waals surface area (Å²) in [7, 11) is 0.